The minimum absolute atomic E-state index is 0.0481. The lowest BCUT2D eigenvalue weighted by Crippen LogP contribution is -2.33. The molecule has 0 spiro atoms. The average Bonchev–Trinajstić information content (AvgIpc) is 2.82. The molecule has 1 saturated carbocycles. The van der Waals surface area contributed by atoms with Crippen LogP contribution in [0.5, 0.6) is 0 Å². The maximum absolute atomic E-state index is 13.2. The highest BCUT2D eigenvalue weighted by molar-refractivity contribution is 7.92. The Morgan fingerprint density at radius 1 is 1.43 bits per heavy atom. The van der Waals surface area contributed by atoms with Crippen molar-refractivity contribution in [2.24, 2.45) is 5.92 Å². The Kier molecular flexibility index (Phi) is 4.41. The fraction of sp³-hybridized carbons (Fsp3) is 0.429. The summed E-state index contributed by atoms with van der Waals surface area (Å²) in [6.45, 7) is 1.10. The highest BCUT2D eigenvalue weighted by Gasteiger charge is 2.41. The first kappa shape index (κ1) is 15.6. The lowest BCUT2D eigenvalue weighted by atomic mass is 10.1. The summed E-state index contributed by atoms with van der Waals surface area (Å²) in [6, 6.07) is 4.51. The first-order valence-electron chi connectivity index (χ1n) is 6.49. The van der Waals surface area contributed by atoms with E-state index in [2.05, 4.69) is 0 Å². The molecule has 1 aromatic rings. The van der Waals surface area contributed by atoms with Crippen LogP contribution in [-0.2, 0) is 24.2 Å². The van der Waals surface area contributed by atoms with Crippen molar-refractivity contribution >= 4 is 21.6 Å². The number of hydrogen-bond acceptors (Lipinski definition) is 5. The van der Waals surface area contributed by atoms with Crippen LogP contribution in [-0.4, -0.2) is 25.6 Å². The Bertz CT molecular complexity index is 668. The Balaban J connectivity index is 2.39. The zero-order valence-corrected chi connectivity index (χ0v) is 12.2. The largest absolute Gasteiger partial charge is 0.445 e. The Labute approximate surface area is 122 Å². The van der Waals surface area contributed by atoms with E-state index in [4.69, 9.17) is 4.74 Å². The molecular formula is C14H15FO5S. The summed E-state index contributed by atoms with van der Waals surface area (Å²) < 4.78 is 43.3. The second kappa shape index (κ2) is 5.93. The van der Waals surface area contributed by atoms with Crippen molar-refractivity contribution in [3.63, 3.8) is 0 Å². The van der Waals surface area contributed by atoms with Gasteiger partial charge in [-0.3, -0.25) is 9.59 Å². The minimum Gasteiger partial charge on any atom is -0.445 e. The molecule has 0 bridgehead atoms. The standard InChI is InChI=1S/C14H15FO5S/c1-9(16)20-14(10-5-6-12(17)7-10)21(18,19)13-4-2-3-11(15)8-13/h2-4,8,10,14H,5-7H2,1H3. The number of sulfone groups is 1. The third kappa shape index (κ3) is 3.47. The molecule has 2 atom stereocenters. The number of ketones is 1. The third-order valence-corrected chi connectivity index (χ3v) is 5.39. The topological polar surface area (TPSA) is 77.5 Å². The van der Waals surface area contributed by atoms with E-state index in [1.165, 1.54) is 12.1 Å². The van der Waals surface area contributed by atoms with Crippen molar-refractivity contribution in [1.29, 1.82) is 0 Å². The van der Waals surface area contributed by atoms with Crippen molar-refractivity contribution in [2.45, 2.75) is 36.5 Å². The molecule has 2 unspecified atom stereocenters. The molecule has 7 heteroatoms. The molecule has 1 aliphatic rings. The fourth-order valence-corrected chi connectivity index (χ4v) is 4.24. The quantitative estimate of drug-likeness (QED) is 0.793. The second-order valence-corrected chi connectivity index (χ2v) is 7.05. The van der Waals surface area contributed by atoms with Gasteiger partial charge in [0.2, 0.25) is 15.3 Å². The van der Waals surface area contributed by atoms with Crippen LogP contribution in [0.25, 0.3) is 0 Å². The Morgan fingerprint density at radius 2 is 2.14 bits per heavy atom. The van der Waals surface area contributed by atoms with E-state index >= 15 is 0 Å². The van der Waals surface area contributed by atoms with Gasteiger partial charge in [0, 0.05) is 25.7 Å². The first-order chi connectivity index (χ1) is 9.80. The van der Waals surface area contributed by atoms with Crippen molar-refractivity contribution < 1.29 is 27.1 Å². The van der Waals surface area contributed by atoms with Gasteiger partial charge < -0.3 is 4.74 Å². The average molecular weight is 314 g/mol. The Morgan fingerprint density at radius 3 is 2.67 bits per heavy atom. The van der Waals surface area contributed by atoms with Crippen molar-refractivity contribution in [2.75, 3.05) is 0 Å². The summed E-state index contributed by atoms with van der Waals surface area (Å²) in [5, 5.41) is 0. The van der Waals surface area contributed by atoms with E-state index in [9.17, 15) is 22.4 Å². The molecule has 1 aromatic carbocycles. The molecule has 0 aliphatic heterocycles. The van der Waals surface area contributed by atoms with Crippen LogP contribution in [0.4, 0.5) is 4.39 Å². The van der Waals surface area contributed by atoms with E-state index < -0.39 is 33.0 Å². The number of carbonyl (C=O) groups is 2. The normalized spacial score (nSPS) is 20.3. The summed E-state index contributed by atoms with van der Waals surface area (Å²) in [6.07, 6.45) is 0.652. The van der Waals surface area contributed by atoms with Gasteiger partial charge in [-0.2, -0.15) is 0 Å². The fourth-order valence-electron chi connectivity index (χ4n) is 2.43. The van der Waals surface area contributed by atoms with E-state index in [1.807, 2.05) is 0 Å². The molecule has 1 aliphatic carbocycles. The van der Waals surface area contributed by atoms with Crippen LogP contribution in [0.2, 0.25) is 0 Å². The molecular weight excluding hydrogens is 299 g/mol. The molecule has 0 aromatic heterocycles. The predicted octanol–water partition coefficient (Wildman–Crippen LogP) is 1.86. The lowest BCUT2D eigenvalue weighted by molar-refractivity contribution is -0.144. The SMILES string of the molecule is CC(=O)OC(C1CCC(=O)C1)S(=O)(=O)c1cccc(F)c1. The number of carbonyl (C=O) groups excluding carboxylic acids is 2. The van der Waals surface area contributed by atoms with E-state index in [0.29, 0.717) is 6.42 Å². The molecule has 0 saturated heterocycles. The zero-order valence-electron chi connectivity index (χ0n) is 11.4. The number of rotatable bonds is 4. The monoisotopic (exact) mass is 314 g/mol. The van der Waals surface area contributed by atoms with Gasteiger partial charge in [-0.1, -0.05) is 6.07 Å². The maximum atomic E-state index is 13.2. The van der Waals surface area contributed by atoms with Crippen LogP contribution in [0.15, 0.2) is 29.2 Å². The van der Waals surface area contributed by atoms with Gasteiger partial charge in [0.1, 0.15) is 11.6 Å². The van der Waals surface area contributed by atoms with Gasteiger partial charge in [-0.25, -0.2) is 12.8 Å². The molecule has 0 radical (unpaired) electrons. The van der Waals surface area contributed by atoms with E-state index in [-0.39, 0.29) is 23.5 Å². The number of halogens is 1. The molecule has 2 rings (SSSR count). The van der Waals surface area contributed by atoms with E-state index in [1.54, 1.807) is 0 Å². The van der Waals surface area contributed by atoms with Gasteiger partial charge >= 0.3 is 5.97 Å². The molecule has 1 fully saturated rings. The molecule has 21 heavy (non-hydrogen) atoms. The molecule has 5 nitrogen and oxygen atoms in total. The van der Waals surface area contributed by atoms with Crippen LogP contribution >= 0.6 is 0 Å². The number of esters is 1. The van der Waals surface area contributed by atoms with Gasteiger partial charge in [0.15, 0.2) is 0 Å². The summed E-state index contributed by atoms with van der Waals surface area (Å²) in [7, 11) is -4.06. The van der Waals surface area contributed by atoms with Crippen LogP contribution in [0.1, 0.15) is 26.2 Å². The lowest BCUT2D eigenvalue weighted by Gasteiger charge is -2.22. The van der Waals surface area contributed by atoms with Crippen molar-refractivity contribution in [3.05, 3.63) is 30.1 Å². The molecule has 0 heterocycles. The zero-order chi connectivity index (χ0) is 15.6. The number of ether oxygens (including phenoxy) is 1. The maximum Gasteiger partial charge on any atom is 0.303 e. The third-order valence-electron chi connectivity index (χ3n) is 3.38. The van der Waals surface area contributed by atoms with Gasteiger partial charge in [-0.05, 0) is 24.6 Å². The van der Waals surface area contributed by atoms with Gasteiger partial charge in [0.05, 0.1) is 4.90 Å². The van der Waals surface area contributed by atoms with Crippen molar-refractivity contribution in [1.82, 2.24) is 0 Å². The highest BCUT2D eigenvalue weighted by atomic mass is 32.2. The number of hydrogen-bond donors (Lipinski definition) is 0. The van der Waals surface area contributed by atoms with Crippen LogP contribution in [0, 0.1) is 11.7 Å². The van der Waals surface area contributed by atoms with Crippen LogP contribution in [0.3, 0.4) is 0 Å². The van der Waals surface area contributed by atoms with Gasteiger partial charge in [0.25, 0.3) is 0 Å². The second-order valence-electron chi connectivity index (χ2n) is 5.02. The summed E-state index contributed by atoms with van der Waals surface area (Å²) in [5.74, 6) is -2.10. The number of Topliss-reactive ketones (excluding diaryl/α,β-unsaturated/α-hetero) is 1. The highest BCUT2D eigenvalue weighted by Crippen LogP contribution is 2.33. The minimum atomic E-state index is -4.06. The summed E-state index contributed by atoms with van der Waals surface area (Å²) >= 11 is 0. The summed E-state index contributed by atoms with van der Waals surface area (Å²) in [4.78, 5) is 22.3. The predicted molar refractivity (Wildman–Crippen MR) is 71.5 cm³/mol. The van der Waals surface area contributed by atoms with Crippen LogP contribution < -0.4 is 0 Å². The van der Waals surface area contributed by atoms with Crippen molar-refractivity contribution in [3.8, 4) is 0 Å². The molecule has 0 N–H and O–H groups in total. The molecule has 114 valence electrons. The van der Waals surface area contributed by atoms with Gasteiger partial charge in [-0.15, -0.1) is 0 Å². The Hall–Kier alpha value is -1.76. The first-order valence-corrected chi connectivity index (χ1v) is 8.03. The molecule has 0 amide bonds. The summed E-state index contributed by atoms with van der Waals surface area (Å²) in [5.41, 5.74) is -1.46. The smallest absolute Gasteiger partial charge is 0.303 e. The number of benzene rings is 1. The van der Waals surface area contributed by atoms with E-state index in [0.717, 1.165) is 19.1 Å².